The highest BCUT2D eigenvalue weighted by molar-refractivity contribution is 7.12. The van der Waals surface area contributed by atoms with Gasteiger partial charge in [-0.3, -0.25) is 0 Å². The van der Waals surface area contributed by atoms with Gasteiger partial charge in [0.05, 0.1) is 12.2 Å². The molecule has 1 N–H and O–H groups in total. The Kier molecular flexibility index (Phi) is 2.57. The van der Waals surface area contributed by atoms with Gasteiger partial charge in [-0.25, -0.2) is 0 Å². The van der Waals surface area contributed by atoms with Crippen molar-refractivity contribution in [3.63, 3.8) is 0 Å². The van der Waals surface area contributed by atoms with Crippen molar-refractivity contribution in [2.75, 3.05) is 19.7 Å². The van der Waals surface area contributed by atoms with Gasteiger partial charge in [0.25, 0.3) is 0 Å². The maximum atomic E-state index is 6.19. The lowest BCUT2D eigenvalue weighted by molar-refractivity contribution is -0.0797. The molecule has 0 aliphatic carbocycles. The Labute approximate surface area is 101 Å². The zero-order chi connectivity index (χ0) is 11.2. The van der Waals surface area contributed by atoms with E-state index in [0.29, 0.717) is 0 Å². The molecule has 1 aromatic rings. The van der Waals surface area contributed by atoms with Crippen molar-refractivity contribution >= 4 is 11.3 Å². The molecule has 1 saturated heterocycles. The second-order valence-corrected chi connectivity index (χ2v) is 6.23. The van der Waals surface area contributed by atoms with Crippen LogP contribution < -0.4 is 5.32 Å². The van der Waals surface area contributed by atoms with E-state index in [-0.39, 0.29) is 5.60 Å². The topological polar surface area (TPSA) is 21.3 Å². The fourth-order valence-corrected chi connectivity index (χ4v) is 4.36. The molecular formula is C13H19NOS. The molecule has 0 unspecified atom stereocenters. The predicted octanol–water partition coefficient (Wildman–Crippen LogP) is 2.52. The second-order valence-electron chi connectivity index (χ2n) is 4.92. The zero-order valence-electron chi connectivity index (χ0n) is 10.1. The van der Waals surface area contributed by atoms with Crippen LogP contribution >= 0.6 is 11.3 Å². The first-order valence-electron chi connectivity index (χ1n) is 6.17. The summed E-state index contributed by atoms with van der Waals surface area (Å²) in [7, 11) is 0. The summed E-state index contributed by atoms with van der Waals surface area (Å²) >= 11 is 1.98. The molecule has 0 aromatic carbocycles. The Morgan fingerprint density at radius 1 is 1.25 bits per heavy atom. The van der Waals surface area contributed by atoms with Crippen LogP contribution in [0, 0.1) is 13.8 Å². The molecule has 88 valence electrons. The number of nitrogens with one attached hydrogen (secondary N) is 1. The first kappa shape index (κ1) is 10.8. The lowest BCUT2D eigenvalue weighted by Gasteiger charge is -2.41. The minimum absolute atomic E-state index is 0.0493. The summed E-state index contributed by atoms with van der Waals surface area (Å²) in [4.78, 5) is 3.07. The molecule has 0 atom stereocenters. The summed E-state index contributed by atoms with van der Waals surface area (Å²) in [6.45, 7) is 7.60. The molecule has 2 aliphatic rings. The van der Waals surface area contributed by atoms with Crippen molar-refractivity contribution in [2.24, 2.45) is 0 Å². The lowest BCUT2D eigenvalue weighted by atomic mass is 9.81. The van der Waals surface area contributed by atoms with Gasteiger partial charge in [0.15, 0.2) is 0 Å². The minimum Gasteiger partial charge on any atom is -0.370 e. The molecule has 3 rings (SSSR count). The molecule has 3 heteroatoms. The Balaban J connectivity index is 2.10. The van der Waals surface area contributed by atoms with Crippen molar-refractivity contribution in [2.45, 2.75) is 38.7 Å². The smallest absolute Gasteiger partial charge is 0.0969 e. The van der Waals surface area contributed by atoms with Gasteiger partial charge in [-0.15, -0.1) is 11.3 Å². The van der Waals surface area contributed by atoms with Crippen molar-refractivity contribution in [1.29, 1.82) is 0 Å². The fraction of sp³-hybridized carbons (Fsp3) is 0.692. The van der Waals surface area contributed by atoms with Crippen LogP contribution in [0.25, 0.3) is 0 Å². The van der Waals surface area contributed by atoms with Gasteiger partial charge in [0.1, 0.15) is 0 Å². The Bertz CT molecular complexity index is 404. The van der Waals surface area contributed by atoms with Gasteiger partial charge in [-0.2, -0.15) is 0 Å². The van der Waals surface area contributed by atoms with Crippen LogP contribution in [0.5, 0.6) is 0 Å². The summed E-state index contributed by atoms with van der Waals surface area (Å²) in [5.41, 5.74) is 3.08. The molecule has 1 fully saturated rings. The highest BCUT2D eigenvalue weighted by atomic mass is 32.1. The molecule has 0 bridgehead atoms. The monoisotopic (exact) mass is 237 g/mol. The van der Waals surface area contributed by atoms with Gasteiger partial charge in [-0.05, 0) is 45.3 Å². The molecule has 0 radical (unpaired) electrons. The number of hydrogen-bond acceptors (Lipinski definition) is 3. The quantitative estimate of drug-likeness (QED) is 0.748. The average molecular weight is 237 g/mol. The first-order chi connectivity index (χ1) is 7.73. The lowest BCUT2D eigenvalue weighted by Crippen LogP contribution is -2.44. The Hall–Kier alpha value is -0.380. The molecule has 2 nitrogen and oxygen atoms in total. The van der Waals surface area contributed by atoms with Crippen LogP contribution in [0.3, 0.4) is 0 Å². The molecule has 0 saturated carbocycles. The highest BCUT2D eigenvalue weighted by Crippen LogP contribution is 2.45. The molecule has 0 amide bonds. The van der Waals surface area contributed by atoms with E-state index in [4.69, 9.17) is 4.74 Å². The standard InChI is InChI=1S/C13H19NOS/c1-9-10(2)16-11-3-8-15-13(12(9)11)4-6-14-7-5-13/h14H,3-8H2,1-2H3. The molecular weight excluding hydrogens is 218 g/mol. The molecule has 1 spiro atoms. The zero-order valence-corrected chi connectivity index (χ0v) is 10.9. The number of rotatable bonds is 0. The van der Waals surface area contributed by atoms with Crippen LogP contribution in [0.15, 0.2) is 0 Å². The SMILES string of the molecule is Cc1sc2c(c1C)C1(CCNCC1)OCC2. The number of hydrogen-bond donors (Lipinski definition) is 1. The number of aryl methyl sites for hydroxylation is 1. The molecule has 1 aromatic heterocycles. The van der Waals surface area contributed by atoms with Gasteiger partial charge < -0.3 is 10.1 Å². The Morgan fingerprint density at radius 2 is 2.00 bits per heavy atom. The summed E-state index contributed by atoms with van der Waals surface area (Å²) in [5.74, 6) is 0. The number of piperidine rings is 1. The van der Waals surface area contributed by atoms with E-state index in [9.17, 15) is 0 Å². The van der Waals surface area contributed by atoms with Crippen molar-refractivity contribution in [1.82, 2.24) is 5.32 Å². The van der Waals surface area contributed by atoms with E-state index in [1.807, 2.05) is 11.3 Å². The van der Waals surface area contributed by atoms with E-state index in [1.165, 1.54) is 10.4 Å². The Morgan fingerprint density at radius 3 is 2.75 bits per heavy atom. The third-order valence-corrected chi connectivity index (χ3v) is 5.30. The van der Waals surface area contributed by atoms with E-state index in [1.54, 1.807) is 10.4 Å². The van der Waals surface area contributed by atoms with Gasteiger partial charge >= 0.3 is 0 Å². The molecule has 3 heterocycles. The highest BCUT2D eigenvalue weighted by Gasteiger charge is 2.41. The van der Waals surface area contributed by atoms with Crippen LogP contribution in [-0.2, 0) is 16.8 Å². The van der Waals surface area contributed by atoms with E-state index >= 15 is 0 Å². The van der Waals surface area contributed by atoms with Gasteiger partial charge in [0.2, 0.25) is 0 Å². The second kappa shape index (κ2) is 3.83. The average Bonchev–Trinajstić information content (AvgIpc) is 2.58. The van der Waals surface area contributed by atoms with E-state index in [2.05, 4.69) is 19.2 Å². The van der Waals surface area contributed by atoms with Crippen LogP contribution in [0.4, 0.5) is 0 Å². The van der Waals surface area contributed by atoms with E-state index in [0.717, 1.165) is 39.0 Å². The largest absolute Gasteiger partial charge is 0.370 e. The third kappa shape index (κ3) is 1.45. The van der Waals surface area contributed by atoms with Gasteiger partial charge in [0, 0.05) is 21.7 Å². The predicted molar refractivity (Wildman–Crippen MR) is 67.2 cm³/mol. The normalized spacial score (nSPS) is 23.4. The summed E-state index contributed by atoms with van der Waals surface area (Å²) in [6.07, 6.45) is 3.39. The maximum Gasteiger partial charge on any atom is 0.0969 e. The minimum atomic E-state index is 0.0493. The van der Waals surface area contributed by atoms with Crippen LogP contribution in [0.1, 0.15) is 33.7 Å². The van der Waals surface area contributed by atoms with Crippen LogP contribution in [-0.4, -0.2) is 19.7 Å². The summed E-state index contributed by atoms with van der Waals surface area (Å²) in [5, 5.41) is 3.44. The molecule has 16 heavy (non-hydrogen) atoms. The fourth-order valence-electron chi connectivity index (χ4n) is 3.11. The van der Waals surface area contributed by atoms with Crippen molar-refractivity contribution in [3.8, 4) is 0 Å². The maximum absolute atomic E-state index is 6.19. The van der Waals surface area contributed by atoms with Crippen molar-refractivity contribution in [3.05, 3.63) is 20.9 Å². The summed E-state index contributed by atoms with van der Waals surface area (Å²) < 4.78 is 6.19. The number of thiophene rings is 1. The number of ether oxygens (including phenoxy) is 1. The summed E-state index contributed by atoms with van der Waals surface area (Å²) in [6, 6.07) is 0. The number of fused-ring (bicyclic) bond motifs is 2. The third-order valence-electron chi connectivity index (χ3n) is 4.03. The first-order valence-corrected chi connectivity index (χ1v) is 6.99. The van der Waals surface area contributed by atoms with E-state index < -0.39 is 0 Å². The van der Waals surface area contributed by atoms with Crippen LogP contribution in [0.2, 0.25) is 0 Å². The van der Waals surface area contributed by atoms with Crippen molar-refractivity contribution < 1.29 is 4.74 Å². The van der Waals surface area contributed by atoms with Gasteiger partial charge in [-0.1, -0.05) is 0 Å². The molecule has 2 aliphatic heterocycles.